The first-order valence-electron chi connectivity index (χ1n) is 6.07. The molecule has 5 heteroatoms. The number of Topliss-reactive ketones (excluding diaryl/α,β-unsaturated/α-hetero) is 1. The Balaban J connectivity index is 3.07. The smallest absolute Gasteiger partial charge is 0.379 e. The van der Waals surface area contributed by atoms with Crippen molar-refractivity contribution in [3.63, 3.8) is 0 Å². The highest BCUT2D eigenvalue weighted by molar-refractivity contribution is 9.10. The first-order chi connectivity index (χ1) is 9.02. The van der Waals surface area contributed by atoms with Crippen LogP contribution in [0, 0.1) is 6.92 Å². The summed E-state index contributed by atoms with van der Waals surface area (Å²) in [6.07, 6.45) is 1.96. The predicted octanol–water partition coefficient (Wildman–Crippen LogP) is 3.29. The summed E-state index contributed by atoms with van der Waals surface area (Å²) in [5, 5.41) is 0. The number of benzene rings is 1. The van der Waals surface area contributed by atoms with Gasteiger partial charge < -0.3 is 9.47 Å². The van der Waals surface area contributed by atoms with E-state index in [1.807, 2.05) is 0 Å². The molecule has 0 radical (unpaired) electrons. The molecule has 4 nitrogen and oxygen atoms in total. The van der Waals surface area contributed by atoms with Crippen molar-refractivity contribution in [2.24, 2.45) is 0 Å². The highest BCUT2D eigenvalue weighted by Crippen LogP contribution is 2.31. The second kappa shape index (κ2) is 7.28. The van der Waals surface area contributed by atoms with Crippen LogP contribution in [0.1, 0.15) is 35.7 Å². The van der Waals surface area contributed by atoms with Gasteiger partial charge in [-0.3, -0.25) is 4.79 Å². The molecule has 19 heavy (non-hydrogen) atoms. The van der Waals surface area contributed by atoms with Gasteiger partial charge in [-0.2, -0.15) is 0 Å². The van der Waals surface area contributed by atoms with E-state index in [4.69, 9.17) is 4.74 Å². The van der Waals surface area contributed by atoms with Crippen LogP contribution in [-0.2, 0) is 9.53 Å². The lowest BCUT2D eigenvalue weighted by Crippen LogP contribution is -2.17. The second-order valence-electron chi connectivity index (χ2n) is 4.09. The summed E-state index contributed by atoms with van der Waals surface area (Å²) in [4.78, 5) is 23.3. The number of hydrogen-bond acceptors (Lipinski definition) is 4. The molecule has 0 aliphatic carbocycles. The lowest BCUT2D eigenvalue weighted by Gasteiger charge is -2.12. The normalized spacial score (nSPS) is 10.1. The maximum atomic E-state index is 11.9. The van der Waals surface area contributed by atoms with Crippen LogP contribution in [0.15, 0.2) is 16.6 Å². The minimum atomic E-state index is -0.880. The fraction of sp³-hybridized carbons (Fsp3) is 0.429. The molecule has 0 N–H and O–H groups in total. The van der Waals surface area contributed by atoms with E-state index in [2.05, 4.69) is 27.6 Å². The zero-order valence-corrected chi connectivity index (χ0v) is 12.9. The predicted molar refractivity (Wildman–Crippen MR) is 75.6 cm³/mol. The number of ether oxygens (including phenoxy) is 2. The summed E-state index contributed by atoms with van der Waals surface area (Å²) < 4.78 is 10.5. The van der Waals surface area contributed by atoms with Gasteiger partial charge in [0, 0.05) is 0 Å². The van der Waals surface area contributed by atoms with Gasteiger partial charge in [0.15, 0.2) is 0 Å². The third kappa shape index (κ3) is 3.80. The Labute approximate surface area is 121 Å². The van der Waals surface area contributed by atoms with Crippen molar-refractivity contribution in [3.8, 4) is 5.75 Å². The third-order valence-corrected chi connectivity index (χ3v) is 3.46. The minimum Gasteiger partial charge on any atom is -0.492 e. The Hall–Kier alpha value is -1.36. The number of methoxy groups -OCH3 is 1. The molecule has 0 aliphatic rings. The fourth-order valence-corrected chi connectivity index (χ4v) is 2.30. The molecule has 0 saturated carbocycles. The molecule has 0 atom stereocenters. The molecule has 0 spiro atoms. The summed E-state index contributed by atoms with van der Waals surface area (Å²) in [7, 11) is 1.19. The molecule has 0 fully saturated rings. The molecule has 0 bridgehead atoms. The van der Waals surface area contributed by atoms with Crippen LogP contribution in [0.3, 0.4) is 0 Å². The molecule has 1 aromatic carbocycles. The first-order valence-corrected chi connectivity index (χ1v) is 6.86. The van der Waals surface area contributed by atoms with Crippen molar-refractivity contribution in [2.75, 3.05) is 13.7 Å². The van der Waals surface area contributed by atoms with Gasteiger partial charge in [0.05, 0.1) is 23.8 Å². The summed E-state index contributed by atoms with van der Waals surface area (Å²) >= 11 is 3.33. The highest BCUT2D eigenvalue weighted by Gasteiger charge is 2.23. The van der Waals surface area contributed by atoms with E-state index in [1.54, 1.807) is 19.1 Å². The van der Waals surface area contributed by atoms with Crippen LogP contribution in [0.2, 0.25) is 0 Å². The van der Waals surface area contributed by atoms with E-state index in [-0.39, 0.29) is 0 Å². The molecule has 0 unspecified atom stereocenters. The SMILES string of the molecule is CCCCOc1ccc(C)c(C(=O)C(=O)OC)c1Br. The van der Waals surface area contributed by atoms with Crippen LogP contribution in [0.5, 0.6) is 5.75 Å². The lowest BCUT2D eigenvalue weighted by atomic mass is 10.0. The highest BCUT2D eigenvalue weighted by atomic mass is 79.9. The molecule has 0 saturated heterocycles. The largest absolute Gasteiger partial charge is 0.492 e. The minimum absolute atomic E-state index is 0.292. The van der Waals surface area contributed by atoms with Gasteiger partial charge in [-0.15, -0.1) is 0 Å². The molecule has 0 aliphatic heterocycles. The van der Waals surface area contributed by atoms with Crippen molar-refractivity contribution >= 4 is 27.7 Å². The average Bonchev–Trinajstić information content (AvgIpc) is 2.40. The zero-order chi connectivity index (χ0) is 14.4. The van der Waals surface area contributed by atoms with E-state index in [9.17, 15) is 9.59 Å². The van der Waals surface area contributed by atoms with Gasteiger partial charge in [-0.1, -0.05) is 19.4 Å². The van der Waals surface area contributed by atoms with E-state index >= 15 is 0 Å². The number of esters is 1. The van der Waals surface area contributed by atoms with Crippen molar-refractivity contribution in [2.45, 2.75) is 26.7 Å². The molecule has 1 aromatic rings. The Morgan fingerprint density at radius 3 is 2.58 bits per heavy atom. The van der Waals surface area contributed by atoms with Gasteiger partial charge in [0.2, 0.25) is 0 Å². The molecule has 0 heterocycles. The Morgan fingerprint density at radius 1 is 1.32 bits per heavy atom. The van der Waals surface area contributed by atoms with Gasteiger partial charge in [0.25, 0.3) is 5.78 Å². The summed E-state index contributed by atoms with van der Waals surface area (Å²) in [5.41, 5.74) is 0.992. The van der Waals surface area contributed by atoms with Crippen LogP contribution in [0.4, 0.5) is 0 Å². The number of hydrogen-bond donors (Lipinski definition) is 0. The molecular formula is C14H17BrO4. The number of unbranched alkanes of at least 4 members (excludes halogenated alkanes) is 1. The monoisotopic (exact) mass is 328 g/mol. The maximum Gasteiger partial charge on any atom is 0.379 e. The summed E-state index contributed by atoms with van der Waals surface area (Å²) in [5.74, 6) is -0.992. The number of aryl methyl sites for hydroxylation is 1. The maximum absolute atomic E-state index is 11.9. The fourth-order valence-electron chi connectivity index (χ4n) is 1.56. The Kier molecular flexibility index (Phi) is 6.02. The van der Waals surface area contributed by atoms with E-state index in [0.29, 0.717) is 28.0 Å². The van der Waals surface area contributed by atoms with Gasteiger partial charge >= 0.3 is 5.97 Å². The Morgan fingerprint density at radius 2 is 2.00 bits per heavy atom. The lowest BCUT2D eigenvalue weighted by molar-refractivity contribution is -0.135. The van der Waals surface area contributed by atoms with Crippen LogP contribution >= 0.6 is 15.9 Å². The van der Waals surface area contributed by atoms with Crippen molar-refractivity contribution in [1.29, 1.82) is 0 Å². The molecule has 0 amide bonds. The molecular weight excluding hydrogens is 312 g/mol. The third-order valence-electron chi connectivity index (χ3n) is 2.67. The summed E-state index contributed by atoms with van der Waals surface area (Å²) in [6, 6.07) is 3.53. The van der Waals surface area contributed by atoms with E-state index < -0.39 is 11.8 Å². The van der Waals surface area contributed by atoms with E-state index in [0.717, 1.165) is 12.8 Å². The Bertz CT molecular complexity index is 483. The number of carbonyl (C=O) groups excluding carboxylic acids is 2. The van der Waals surface area contributed by atoms with Crippen LogP contribution < -0.4 is 4.74 Å². The quantitative estimate of drug-likeness (QED) is 0.348. The standard InChI is InChI=1S/C14H17BrO4/c1-4-5-8-19-10-7-6-9(2)11(12(10)15)13(16)14(17)18-3/h6-7H,4-5,8H2,1-3H3. The average molecular weight is 329 g/mol. The van der Waals surface area contributed by atoms with Crippen molar-refractivity contribution in [1.82, 2.24) is 0 Å². The van der Waals surface area contributed by atoms with Crippen LogP contribution in [0.25, 0.3) is 0 Å². The van der Waals surface area contributed by atoms with Gasteiger partial charge in [0.1, 0.15) is 5.75 Å². The van der Waals surface area contributed by atoms with Crippen LogP contribution in [-0.4, -0.2) is 25.5 Å². The van der Waals surface area contributed by atoms with E-state index in [1.165, 1.54) is 7.11 Å². The number of halogens is 1. The van der Waals surface area contributed by atoms with Gasteiger partial charge in [-0.25, -0.2) is 4.79 Å². The topological polar surface area (TPSA) is 52.6 Å². The van der Waals surface area contributed by atoms with Crippen molar-refractivity contribution < 1.29 is 19.1 Å². The number of rotatable bonds is 6. The zero-order valence-electron chi connectivity index (χ0n) is 11.3. The number of ketones is 1. The molecule has 1 rings (SSSR count). The molecule has 104 valence electrons. The summed E-state index contributed by atoms with van der Waals surface area (Å²) in [6.45, 7) is 4.40. The molecule has 0 aromatic heterocycles. The van der Waals surface area contributed by atoms with Crippen molar-refractivity contribution in [3.05, 3.63) is 27.7 Å². The van der Waals surface area contributed by atoms with Gasteiger partial charge in [-0.05, 0) is 40.9 Å². The number of carbonyl (C=O) groups is 2. The first kappa shape index (κ1) is 15.7. The second-order valence-corrected chi connectivity index (χ2v) is 4.89.